The molecule has 2 aromatic rings. The van der Waals surface area contributed by atoms with E-state index in [1.165, 1.54) is 12.1 Å². The largest absolute Gasteiger partial charge is 0.378 e. The lowest BCUT2D eigenvalue weighted by Crippen LogP contribution is -2.06. The fourth-order valence-corrected chi connectivity index (χ4v) is 2.98. The second-order valence-corrected chi connectivity index (χ2v) is 5.62. The van der Waals surface area contributed by atoms with Gasteiger partial charge in [0, 0.05) is 10.6 Å². The van der Waals surface area contributed by atoms with Crippen molar-refractivity contribution < 1.29 is 4.39 Å². The van der Waals surface area contributed by atoms with E-state index in [1.807, 2.05) is 13.8 Å². The number of aromatic nitrogens is 1. The molecule has 0 fully saturated rings. The first kappa shape index (κ1) is 13.6. The molecule has 1 N–H and O–H groups in total. The first-order valence-electron chi connectivity index (χ1n) is 5.30. The Bertz CT molecular complexity index is 548. The van der Waals surface area contributed by atoms with Crippen molar-refractivity contribution in [2.75, 3.05) is 5.32 Å². The molecule has 1 aromatic carbocycles. The van der Waals surface area contributed by atoms with Crippen LogP contribution in [-0.2, 0) is 0 Å². The molecule has 0 spiro atoms. The van der Waals surface area contributed by atoms with Gasteiger partial charge in [-0.3, -0.25) is 0 Å². The second kappa shape index (κ2) is 5.43. The van der Waals surface area contributed by atoms with E-state index in [9.17, 15) is 4.39 Å². The zero-order valence-electron chi connectivity index (χ0n) is 9.80. The predicted octanol–water partition coefficient (Wildman–Crippen LogP) is 5.07. The van der Waals surface area contributed by atoms with Gasteiger partial charge in [0.1, 0.15) is 0 Å². The fraction of sp³-hybridized carbons (Fsp3) is 0.250. The molecule has 0 saturated carbocycles. The van der Waals surface area contributed by atoms with E-state index in [2.05, 4.69) is 10.3 Å². The molecule has 1 heterocycles. The highest BCUT2D eigenvalue weighted by Gasteiger charge is 2.13. The average Bonchev–Trinajstić information content (AvgIpc) is 2.72. The zero-order chi connectivity index (χ0) is 13.3. The van der Waals surface area contributed by atoms with Gasteiger partial charge in [-0.1, -0.05) is 23.2 Å². The summed E-state index contributed by atoms with van der Waals surface area (Å²) in [5.41, 5.74) is 3.47. The van der Waals surface area contributed by atoms with Crippen molar-refractivity contribution in [2.45, 2.75) is 19.9 Å². The van der Waals surface area contributed by atoms with Gasteiger partial charge in [0.05, 0.1) is 27.3 Å². The average molecular weight is 305 g/mol. The molecule has 2 nitrogen and oxygen atoms in total. The number of thiazole rings is 1. The number of anilines is 1. The Kier molecular flexibility index (Phi) is 4.10. The van der Waals surface area contributed by atoms with E-state index in [0.29, 0.717) is 5.69 Å². The third-order valence-corrected chi connectivity index (χ3v) is 4.21. The molecular formula is C12H11Cl2FN2S. The molecule has 1 unspecified atom stereocenters. The molecule has 0 bridgehead atoms. The SMILES string of the molecule is Cc1ncsc1C(C)Nc1cc(Cl)c(F)c(Cl)c1. The van der Waals surface area contributed by atoms with Gasteiger partial charge in [-0.15, -0.1) is 11.3 Å². The van der Waals surface area contributed by atoms with E-state index in [0.717, 1.165) is 10.6 Å². The summed E-state index contributed by atoms with van der Waals surface area (Å²) in [4.78, 5) is 5.33. The van der Waals surface area contributed by atoms with Crippen LogP contribution in [-0.4, -0.2) is 4.98 Å². The molecular weight excluding hydrogens is 294 g/mol. The molecule has 0 amide bonds. The Morgan fingerprint density at radius 3 is 2.44 bits per heavy atom. The highest BCUT2D eigenvalue weighted by molar-refractivity contribution is 7.09. The van der Waals surface area contributed by atoms with E-state index in [4.69, 9.17) is 23.2 Å². The van der Waals surface area contributed by atoms with Gasteiger partial charge in [-0.25, -0.2) is 9.37 Å². The van der Waals surface area contributed by atoms with Crippen LogP contribution in [0, 0.1) is 12.7 Å². The van der Waals surface area contributed by atoms with Crippen LogP contribution in [0.3, 0.4) is 0 Å². The molecule has 1 atom stereocenters. The van der Waals surface area contributed by atoms with Crippen molar-refractivity contribution in [3.05, 3.63) is 44.1 Å². The molecule has 0 radical (unpaired) electrons. The number of rotatable bonds is 3. The van der Waals surface area contributed by atoms with E-state index < -0.39 is 5.82 Å². The number of halogens is 3. The third kappa shape index (κ3) is 2.76. The van der Waals surface area contributed by atoms with Gasteiger partial charge in [0.2, 0.25) is 0 Å². The van der Waals surface area contributed by atoms with Crippen LogP contribution >= 0.6 is 34.5 Å². The topological polar surface area (TPSA) is 24.9 Å². The zero-order valence-corrected chi connectivity index (χ0v) is 12.1. The standard InChI is InChI=1S/C12H11Cl2FN2S/c1-6-12(18-5-16-6)7(2)17-8-3-9(13)11(15)10(14)4-8/h3-5,7,17H,1-2H3. The van der Waals surface area contributed by atoms with Crippen LogP contribution < -0.4 is 5.32 Å². The molecule has 18 heavy (non-hydrogen) atoms. The normalized spacial score (nSPS) is 12.5. The Labute approximate surface area is 119 Å². The van der Waals surface area contributed by atoms with Gasteiger partial charge in [-0.05, 0) is 26.0 Å². The number of hydrogen-bond donors (Lipinski definition) is 1. The maximum Gasteiger partial charge on any atom is 0.160 e. The number of nitrogens with zero attached hydrogens (tertiary/aromatic N) is 1. The summed E-state index contributed by atoms with van der Waals surface area (Å²) in [6.07, 6.45) is 0. The smallest absolute Gasteiger partial charge is 0.160 e. The number of nitrogens with one attached hydrogen (secondary N) is 1. The van der Waals surface area contributed by atoms with Crippen LogP contribution in [0.25, 0.3) is 0 Å². The fourth-order valence-electron chi connectivity index (χ4n) is 1.68. The highest BCUT2D eigenvalue weighted by Crippen LogP contribution is 2.30. The number of aryl methyl sites for hydroxylation is 1. The van der Waals surface area contributed by atoms with Crippen LogP contribution in [0.4, 0.5) is 10.1 Å². The Morgan fingerprint density at radius 1 is 1.33 bits per heavy atom. The minimum Gasteiger partial charge on any atom is -0.378 e. The van der Waals surface area contributed by atoms with Crippen molar-refractivity contribution >= 4 is 40.2 Å². The van der Waals surface area contributed by atoms with Crippen LogP contribution in [0.2, 0.25) is 10.0 Å². The number of hydrogen-bond acceptors (Lipinski definition) is 3. The van der Waals surface area contributed by atoms with Crippen molar-refractivity contribution in [2.24, 2.45) is 0 Å². The summed E-state index contributed by atoms with van der Waals surface area (Å²) in [5.74, 6) is -0.592. The first-order chi connectivity index (χ1) is 8.49. The molecule has 1 aromatic heterocycles. The third-order valence-electron chi connectivity index (χ3n) is 2.54. The van der Waals surface area contributed by atoms with Gasteiger partial charge in [0.15, 0.2) is 5.82 Å². The maximum atomic E-state index is 13.3. The molecule has 0 aliphatic heterocycles. The van der Waals surface area contributed by atoms with Crippen LogP contribution in [0.1, 0.15) is 23.5 Å². The van der Waals surface area contributed by atoms with Crippen LogP contribution in [0.5, 0.6) is 0 Å². The summed E-state index contributed by atoms with van der Waals surface area (Å²) in [7, 11) is 0. The lowest BCUT2D eigenvalue weighted by molar-refractivity contribution is 0.628. The lowest BCUT2D eigenvalue weighted by Gasteiger charge is -2.15. The summed E-state index contributed by atoms with van der Waals surface area (Å²) < 4.78 is 13.3. The lowest BCUT2D eigenvalue weighted by atomic mass is 10.2. The minimum atomic E-state index is -0.592. The molecule has 2 rings (SSSR count). The monoisotopic (exact) mass is 304 g/mol. The second-order valence-electron chi connectivity index (χ2n) is 3.92. The molecule has 6 heteroatoms. The van der Waals surface area contributed by atoms with Crippen LogP contribution in [0.15, 0.2) is 17.6 Å². The summed E-state index contributed by atoms with van der Waals surface area (Å²) in [6.45, 7) is 3.96. The van der Waals surface area contributed by atoms with E-state index in [-0.39, 0.29) is 16.1 Å². The minimum absolute atomic E-state index is 0.0122. The van der Waals surface area contributed by atoms with Crippen molar-refractivity contribution in [1.29, 1.82) is 0 Å². The molecule has 0 saturated heterocycles. The predicted molar refractivity (Wildman–Crippen MR) is 75.3 cm³/mol. The molecule has 0 aliphatic rings. The first-order valence-corrected chi connectivity index (χ1v) is 6.93. The van der Waals surface area contributed by atoms with Crippen molar-refractivity contribution in [1.82, 2.24) is 4.98 Å². The summed E-state index contributed by atoms with van der Waals surface area (Å²) >= 11 is 13.1. The van der Waals surface area contributed by atoms with Crippen molar-refractivity contribution in [3.63, 3.8) is 0 Å². The van der Waals surface area contributed by atoms with E-state index >= 15 is 0 Å². The molecule has 96 valence electrons. The van der Waals surface area contributed by atoms with Gasteiger partial charge >= 0.3 is 0 Å². The summed E-state index contributed by atoms with van der Waals surface area (Å²) in [5, 5.41) is 3.25. The Hall–Kier alpha value is -0.840. The van der Waals surface area contributed by atoms with Crippen molar-refractivity contribution in [3.8, 4) is 0 Å². The van der Waals surface area contributed by atoms with Gasteiger partial charge in [0.25, 0.3) is 0 Å². The quantitative estimate of drug-likeness (QED) is 0.801. The van der Waals surface area contributed by atoms with Gasteiger partial charge < -0.3 is 5.32 Å². The number of benzene rings is 1. The Morgan fingerprint density at radius 2 is 1.94 bits per heavy atom. The van der Waals surface area contributed by atoms with E-state index in [1.54, 1.807) is 16.8 Å². The molecule has 0 aliphatic carbocycles. The highest BCUT2D eigenvalue weighted by atomic mass is 35.5. The maximum absolute atomic E-state index is 13.3. The Balaban J connectivity index is 2.22. The summed E-state index contributed by atoms with van der Waals surface area (Å²) in [6, 6.07) is 3.11. The van der Waals surface area contributed by atoms with Gasteiger partial charge in [-0.2, -0.15) is 0 Å².